The summed E-state index contributed by atoms with van der Waals surface area (Å²) < 4.78 is 10.9. The Morgan fingerprint density at radius 1 is 1.03 bits per heavy atom. The van der Waals surface area contributed by atoms with Gasteiger partial charge in [0.2, 0.25) is 0 Å². The molecule has 0 radical (unpaired) electrons. The van der Waals surface area contributed by atoms with E-state index in [0.717, 1.165) is 19.1 Å². The molecule has 0 heterocycles. The Kier molecular flexibility index (Phi) is 13.6. The zero-order valence-corrected chi connectivity index (χ0v) is 21.7. The zero-order chi connectivity index (χ0) is 24.8. The van der Waals surface area contributed by atoms with Crippen molar-refractivity contribution < 1.29 is 63.3 Å². The second-order valence-corrected chi connectivity index (χ2v) is 9.23. The summed E-state index contributed by atoms with van der Waals surface area (Å²) in [5, 5.41) is 11.4. The molecule has 2 atom stereocenters. The summed E-state index contributed by atoms with van der Waals surface area (Å²) in [5.74, 6) is -1.77. The standard InChI is InChI=1S/C23H30AtNO8/c1-15(27)6-12-19(22(30)32-2)25-23(31)33-21(20(29)14-26)13-11-18(28)5-3-4-16-7-9-17(24)10-8-16/h7-10,19,21,26H,3-6,11-14H2,1-2H3,(H,25,31)/t19-,21-/m0/s1/i24+1. The van der Waals surface area contributed by atoms with Crippen LogP contribution in [-0.4, -0.2) is 60.4 Å². The minimum Gasteiger partial charge on any atom is -0.388 e. The number of esters is 1. The molecule has 0 saturated carbocycles. The first kappa shape index (κ1) is 28.8. The van der Waals surface area contributed by atoms with Crippen LogP contribution in [0.4, 0.5) is 4.79 Å². The Labute approximate surface area is 208 Å². The number of amides is 1. The Morgan fingerprint density at radius 3 is 2.27 bits per heavy atom. The molecule has 0 aromatic heterocycles. The molecular formula is C23H30AtNO8. The van der Waals surface area contributed by atoms with Crippen LogP contribution >= 0.6 is 0 Å². The first-order valence-corrected chi connectivity index (χ1v) is 12.1. The molecule has 0 spiro atoms. The van der Waals surface area contributed by atoms with Gasteiger partial charge in [-0.15, -0.1) is 0 Å². The van der Waals surface area contributed by atoms with Crippen molar-refractivity contribution in [3.05, 3.63) is 29.8 Å². The number of nitrogens with one attached hydrogen (secondary N) is 1. The molecule has 1 aromatic rings. The molecule has 1 amide bonds. The molecule has 0 aliphatic rings. The number of carbonyl (C=O) groups excluding carboxylic acids is 5. The SMILES string of the molecule is COC(=O)[C@H](CCC(C)=O)NC(=O)O[C@@H](CCC(=O)CCCc1ccc([211At])cc1)C(=O)CO. The number of aliphatic hydroxyl groups is 1. The van der Waals surface area contributed by atoms with Gasteiger partial charge in [-0.05, 0) is 13.3 Å². The van der Waals surface area contributed by atoms with Crippen molar-refractivity contribution in [2.75, 3.05) is 13.7 Å². The summed E-state index contributed by atoms with van der Waals surface area (Å²) >= 11 is 1.60. The number of benzene rings is 1. The summed E-state index contributed by atoms with van der Waals surface area (Å²) in [7, 11) is 1.14. The fraction of sp³-hybridized carbons (Fsp3) is 0.522. The van der Waals surface area contributed by atoms with Crippen molar-refractivity contribution in [1.82, 2.24) is 5.32 Å². The summed E-state index contributed by atoms with van der Waals surface area (Å²) in [6, 6.07) is 7.00. The van der Waals surface area contributed by atoms with Crippen LogP contribution in [0, 0.1) is 24.7 Å². The van der Waals surface area contributed by atoms with E-state index in [2.05, 4.69) is 10.1 Å². The maximum atomic E-state index is 12.2. The first-order valence-electron chi connectivity index (χ1n) is 10.6. The predicted octanol–water partition coefficient (Wildman–Crippen LogP) is 1.10. The van der Waals surface area contributed by atoms with E-state index in [1.54, 1.807) is 24.7 Å². The quantitative estimate of drug-likeness (QED) is 0.268. The third-order valence-electron chi connectivity index (χ3n) is 4.85. The molecular weight excluding hydrogens is 629 g/mol. The fourth-order valence-electron chi connectivity index (χ4n) is 2.99. The van der Waals surface area contributed by atoms with E-state index in [9.17, 15) is 24.0 Å². The molecule has 1 rings (SSSR count). The maximum absolute atomic E-state index is 12.2. The zero-order valence-electron chi connectivity index (χ0n) is 18.8. The molecule has 1 aromatic carbocycles. The number of aliphatic hydroxyl groups excluding tert-OH is 1. The minimum atomic E-state index is -1.33. The van der Waals surface area contributed by atoms with E-state index in [0.29, 0.717) is 12.8 Å². The molecule has 0 unspecified atom stereocenters. The van der Waals surface area contributed by atoms with Crippen LogP contribution in [0.3, 0.4) is 0 Å². The third-order valence-corrected chi connectivity index (χ3v) is 5.83. The van der Waals surface area contributed by atoms with Crippen molar-refractivity contribution in [3.63, 3.8) is 0 Å². The molecule has 33 heavy (non-hydrogen) atoms. The second-order valence-electron chi connectivity index (χ2n) is 7.54. The van der Waals surface area contributed by atoms with Gasteiger partial charge < -0.3 is 20.0 Å². The molecule has 9 nitrogen and oxygen atoms in total. The number of Topliss-reactive ketones (excluding diaryl/α,β-unsaturated/α-hetero) is 3. The first-order chi connectivity index (χ1) is 15.7. The van der Waals surface area contributed by atoms with Crippen LogP contribution in [0.25, 0.3) is 0 Å². The molecule has 182 valence electrons. The van der Waals surface area contributed by atoms with Gasteiger partial charge in [0.1, 0.15) is 18.4 Å². The molecule has 0 aliphatic heterocycles. The smallest absolute Gasteiger partial charge is 0.388 e. The number of methoxy groups -OCH3 is 1. The summed E-state index contributed by atoms with van der Waals surface area (Å²) in [6.45, 7) is 0.492. The Hall–Kier alpha value is -2.19. The summed E-state index contributed by atoms with van der Waals surface area (Å²) in [4.78, 5) is 59.4. The number of alkyl carbamates (subject to hydrolysis) is 1. The molecule has 0 fully saturated rings. The fourth-order valence-corrected chi connectivity index (χ4v) is 3.48. The number of carbonyl (C=O) groups is 5. The van der Waals surface area contributed by atoms with E-state index in [1.165, 1.54) is 10.2 Å². The number of hydrogen-bond acceptors (Lipinski definition) is 8. The Balaban J connectivity index is 2.55. The molecule has 0 bridgehead atoms. The van der Waals surface area contributed by atoms with Gasteiger partial charge in [-0.25, -0.2) is 9.59 Å². The molecule has 0 aliphatic carbocycles. The Morgan fingerprint density at radius 2 is 1.70 bits per heavy atom. The van der Waals surface area contributed by atoms with Gasteiger partial charge in [-0.1, -0.05) is 0 Å². The number of ether oxygens (including phenoxy) is 2. The summed E-state index contributed by atoms with van der Waals surface area (Å²) in [5.41, 5.74) is 1.14. The van der Waals surface area contributed by atoms with Gasteiger partial charge >= 0.3 is 129 Å². The van der Waals surface area contributed by atoms with Crippen LogP contribution < -0.4 is 8.59 Å². The van der Waals surface area contributed by atoms with Gasteiger partial charge in [-0.3, -0.25) is 4.79 Å². The minimum absolute atomic E-state index is 0.00455. The molecule has 2 N–H and O–H groups in total. The predicted molar refractivity (Wildman–Crippen MR) is 114 cm³/mol. The van der Waals surface area contributed by atoms with Gasteiger partial charge in [0, 0.05) is 6.42 Å². The number of hydrogen-bond donors (Lipinski definition) is 2. The van der Waals surface area contributed by atoms with Crippen molar-refractivity contribution >= 4 is 32.7 Å². The number of rotatable bonds is 15. The van der Waals surface area contributed by atoms with Crippen molar-refractivity contribution in [3.8, 4) is 0 Å². The van der Waals surface area contributed by atoms with Crippen molar-refractivity contribution in [2.24, 2.45) is 0 Å². The van der Waals surface area contributed by atoms with Crippen molar-refractivity contribution in [1.29, 1.82) is 0 Å². The van der Waals surface area contributed by atoms with Crippen molar-refractivity contribution in [2.45, 2.75) is 64.0 Å². The van der Waals surface area contributed by atoms with Gasteiger partial charge in [0.25, 0.3) is 0 Å². The molecule has 0 saturated heterocycles. The molecule has 10 heteroatoms. The van der Waals surface area contributed by atoms with Crippen LogP contribution in [0.5, 0.6) is 0 Å². The van der Waals surface area contributed by atoms with Crippen LogP contribution in [0.2, 0.25) is 0 Å². The average Bonchev–Trinajstić information content (AvgIpc) is 2.79. The van der Waals surface area contributed by atoms with Crippen LogP contribution in [-0.2, 0) is 35.1 Å². The van der Waals surface area contributed by atoms with E-state index in [4.69, 9.17) is 9.84 Å². The average molecular weight is 659 g/mol. The topological polar surface area (TPSA) is 136 Å². The number of aryl methyl sites for hydroxylation is 1. The van der Waals surface area contributed by atoms with E-state index in [-0.39, 0.29) is 37.2 Å². The van der Waals surface area contributed by atoms with Crippen LogP contribution in [0.1, 0.15) is 51.0 Å². The van der Waals surface area contributed by atoms with E-state index in [1.807, 2.05) is 24.3 Å². The van der Waals surface area contributed by atoms with Crippen LogP contribution in [0.15, 0.2) is 24.3 Å². The number of ketones is 3. The second kappa shape index (κ2) is 15.6. The summed E-state index contributed by atoms with van der Waals surface area (Å²) in [6.07, 6.45) is -0.697. The Bertz CT molecular complexity index is 824. The van der Waals surface area contributed by atoms with Gasteiger partial charge in [0.15, 0.2) is 0 Å². The van der Waals surface area contributed by atoms with E-state index < -0.39 is 36.6 Å². The normalized spacial score (nSPS) is 12.4. The van der Waals surface area contributed by atoms with E-state index >= 15 is 0 Å². The third kappa shape index (κ3) is 12.0. The van der Waals surface area contributed by atoms with Gasteiger partial charge in [-0.2, -0.15) is 0 Å². The van der Waals surface area contributed by atoms with Gasteiger partial charge in [0.05, 0.1) is 7.11 Å². The monoisotopic (exact) mass is 659 g/mol.